The monoisotopic (exact) mass is 199 g/mol. The molecule has 1 unspecified atom stereocenters. The SMILES string of the molecule is CCCCC1CCSC(C)(C)C=N1. The van der Waals surface area contributed by atoms with Gasteiger partial charge in [-0.1, -0.05) is 19.8 Å². The van der Waals surface area contributed by atoms with E-state index in [4.69, 9.17) is 0 Å². The summed E-state index contributed by atoms with van der Waals surface area (Å²) in [7, 11) is 0. The van der Waals surface area contributed by atoms with Gasteiger partial charge in [0, 0.05) is 11.0 Å². The largest absolute Gasteiger partial charge is 0.293 e. The Morgan fingerprint density at radius 3 is 3.00 bits per heavy atom. The molecule has 0 saturated carbocycles. The first-order valence-corrected chi connectivity index (χ1v) is 6.31. The number of hydrogen-bond acceptors (Lipinski definition) is 2. The summed E-state index contributed by atoms with van der Waals surface area (Å²) in [6.07, 6.45) is 7.33. The van der Waals surface area contributed by atoms with Crippen LogP contribution in [-0.4, -0.2) is 22.8 Å². The van der Waals surface area contributed by atoms with Crippen LogP contribution in [0.2, 0.25) is 0 Å². The Hall–Kier alpha value is 0.0200. The maximum atomic E-state index is 4.67. The highest BCUT2D eigenvalue weighted by Crippen LogP contribution is 2.27. The van der Waals surface area contributed by atoms with Gasteiger partial charge in [-0.05, 0) is 32.4 Å². The summed E-state index contributed by atoms with van der Waals surface area (Å²) >= 11 is 2.03. The first-order valence-electron chi connectivity index (χ1n) is 5.32. The van der Waals surface area contributed by atoms with Crippen molar-refractivity contribution in [3.8, 4) is 0 Å². The number of unbranched alkanes of at least 4 members (excludes halogenated alkanes) is 1. The molecule has 2 heteroatoms. The van der Waals surface area contributed by atoms with E-state index in [0.29, 0.717) is 6.04 Å². The van der Waals surface area contributed by atoms with E-state index in [-0.39, 0.29) is 4.75 Å². The second-order valence-electron chi connectivity index (χ2n) is 4.31. The lowest BCUT2D eigenvalue weighted by atomic mass is 10.1. The maximum absolute atomic E-state index is 4.67. The van der Waals surface area contributed by atoms with E-state index in [9.17, 15) is 0 Å². The van der Waals surface area contributed by atoms with Gasteiger partial charge in [-0.2, -0.15) is 0 Å². The topological polar surface area (TPSA) is 12.4 Å². The Morgan fingerprint density at radius 2 is 2.31 bits per heavy atom. The molecule has 1 nitrogen and oxygen atoms in total. The minimum absolute atomic E-state index is 0.265. The predicted octanol–water partition coefficient (Wildman–Crippen LogP) is 3.53. The average Bonchev–Trinajstić information content (AvgIpc) is 2.23. The van der Waals surface area contributed by atoms with E-state index in [1.807, 2.05) is 11.8 Å². The molecule has 0 amide bonds. The molecule has 1 atom stereocenters. The van der Waals surface area contributed by atoms with E-state index >= 15 is 0 Å². The number of nitrogens with zero attached hydrogens (tertiary/aromatic N) is 1. The first-order chi connectivity index (χ1) is 6.14. The third-order valence-corrected chi connectivity index (χ3v) is 3.70. The van der Waals surface area contributed by atoms with Gasteiger partial charge in [0.25, 0.3) is 0 Å². The lowest BCUT2D eigenvalue weighted by Gasteiger charge is -2.15. The van der Waals surface area contributed by atoms with E-state index in [1.54, 1.807) is 0 Å². The highest BCUT2D eigenvalue weighted by atomic mass is 32.2. The van der Waals surface area contributed by atoms with Crippen molar-refractivity contribution in [1.29, 1.82) is 0 Å². The van der Waals surface area contributed by atoms with Crippen LogP contribution in [0.5, 0.6) is 0 Å². The average molecular weight is 199 g/mol. The second-order valence-corrected chi connectivity index (χ2v) is 6.06. The second kappa shape index (κ2) is 5.04. The van der Waals surface area contributed by atoms with Crippen molar-refractivity contribution in [1.82, 2.24) is 0 Å². The van der Waals surface area contributed by atoms with Crippen molar-refractivity contribution in [3.05, 3.63) is 0 Å². The van der Waals surface area contributed by atoms with Gasteiger partial charge in [0.05, 0.1) is 6.04 Å². The Labute approximate surface area is 86.4 Å². The molecule has 1 heterocycles. The van der Waals surface area contributed by atoms with Crippen molar-refractivity contribution in [2.24, 2.45) is 4.99 Å². The molecule has 0 aromatic heterocycles. The third-order valence-electron chi connectivity index (χ3n) is 2.41. The van der Waals surface area contributed by atoms with Gasteiger partial charge in [0.2, 0.25) is 0 Å². The van der Waals surface area contributed by atoms with Crippen LogP contribution in [0, 0.1) is 0 Å². The Balaban J connectivity index is 2.41. The van der Waals surface area contributed by atoms with E-state index in [2.05, 4.69) is 32.0 Å². The van der Waals surface area contributed by atoms with Crippen LogP contribution >= 0.6 is 11.8 Å². The lowest BCUT2D eigenvalue weighted by molar-refractivity contribution is 0.570. The van der Waals surface area contributed by atoms with Gasteiger partial charge in [-0.15, -0.1) is 11.8 Å². The Kier molecular flexibility index (Phi) is 4.30. The number of thioether (sulfide) groups is 1. The van der Waals surface area contributed by atoms with E-state index < -0.39 is 0 Å². The van der Waals surface area contributed by atoms with Crippen LogP contribution in [0.3, 0.4) is 0 Å². The number of aliphatic imine (C=N–C) groups is 1. The van der Waals surface area contributed by atoms with Crippen LogP contribution in [0.15, 0.2) is 4.99 Å². The predicted molar refractivity (Wildman–Crippen MR) is 63.0 cm³/mol. The van der Waals surface area contributed by atoms with Crippen LogP contribution < -0.4 is 0 Å². The fourth-order valence-corrected chi connectivity index (χ4v) is 2.56. The third kappa shape index (κ3) is 4.17. The zero-order chi connectivity index (χ0) is 9.73. The summed E-state index contributed by atoms with van der Waals surface area (Å²) in [5, 5.41) is 0. The summed E-state index contributed by atoms with van der Waals surface area (Å²) in [5.41, 5.74) is 0. The normalized spacial score (nSPS) is 27.2. The summed E-state index contributed by atoms with van der Waals surface area (Å²) in [6.45, 7) is 6.76. The Bertz CT molecular complexity index is 175. The van der Waals surface area contributed by atoms with Gasteiger partial charge in [-0.25, -0.2) is 0 Å². The molecule has 0 aromatic rings. The zero-order valence-electron chi connectivity index (χ0n) is 9.05. The van der Waals surface area contributed by atoms with Gasteiger partial charge in [0.15, 0.2) is 0 Å². The fraction of sp³-hybridized carbons (Fsp3) is 0.909. The summed E-state index contributed by atoms with van der Waals surface area (Å²) in [5.74, 6) is 1.27. The summed E-state index contributed by atoms with van der Waals surface area (Å²) in [4.78, 5) is 4.67. The fourth-order valence-electron chi connectivity index (χ4n) is 1.51. The quantitative estimate of drug-likeness (QED) is 0.677. The van der Waals surface area contributed by atoms with Gasteiger partial charge < -0.3 is 0 Å². The van der Waals surface area contributed by atoms with Crippen LogP contribution in [0.4, 0.5) is 0 Å². The molecule has 0 aliphatic carbocycles. The van der Waals surface area contributed by atoms with Crippen molar-refractivity contribution in [2.45, 2.75) is 57.2 Å². The van der Waals surface area contributed by atoms with Crippen molar-refractivity contribution in [2.75, 3.05) is 5.75 Å². The number of hydrogen-bond donors (Lipinski definition) is 0. The molecule has 0 spiro atoms. The van der Waals surface area contributed by atoms with E-state index in [0.717, 1.165) is 0 Å². The van der Waals surface area contributed by atoms with Gasteiger partial charge >= 0.3 is 0 Å². The van der Waals surface area contributed by atoms with E-state index in [1.165, 1.54) is 31.4 Å². The molecule has 76 valence electrons. The Morgan fingerprint density at radius 1 is 1.54 bits per heavy atom. The molecule has 1 aliphatic rings. The molecule has 0 fully saturated rings. The number of rotatable bonds is 3. The summed E-state index contributed by atoms with van der Waals surface area (Å²) in [6, 6.07) is 0.606. The minimum atomic E-state index is 0.265. The smallest absolute Gasteiger partial charge is 0.0504 e. The molecule has 13 heavy (non-hydrogen) atoms. The molecular weight excluding hydrogens is 178 g/mol. The van der Waals surface area contributed by atoms with Crippen LogP contribution in [0.1, 0.15) is 46.5 Å². The standard InChI is InChI=1S/C11H21NS/c1-4-5-6-10-7-8-13-11(2,3)9-12-10/h9-10H,4-8H2,1-3H3. The summed E-state index contributed by atoms with van der Waals surface area (Å²) < 4.78 is 0.265. The highest BCUT2D eigenvalue weighted by molar-refractivity contribution is 8.01. The highest BCUT2D eigenvalue weighted by Gasteiger charge is 2.20. The molecule has 0 N–H and O–H groups in total. The first kappa shape index (κ1) is 11.1. The zero-order valence-corrected chi connectivity index (χ0v) is 9.86. The molecule has 0 radical (unpaired) electrons. The molecule has 1 aliphatic heterocycles. The van der Waals surface area contributed by atoms with Crippen molar-refractivity contribution in [3.63, 3.8) is 0 Å². The van der Waals surface area contributed by atoms with Gasteiger partial charge in [-0.3, -0.25) is 4.99 Å². The molecular formula is C11H21NS. The van der Waals surface area contributed by atoms with Crippen LogP contribution in [-0.2, 0) is 0 Å². The minimum Gasteiger partial charge on any atom is -0.293 e. The van der Waals surface area contributed by atoms with Crippen LogP contribution in [0.25, 0.3) is 0 Å². The molecule has 0 bridgehead atoms. The molecule has 1 rings (SSSR count). The van der Waals surface area contributed by atoms with Gasteiger partial charge in [0.1, 0.15) is 0 Å². The lowest BCUT2D eigenvalue weighted by Crippen LogP contribution is -2.15. The maximum Gasteiger partial charge on any atom is 0.0504 e. The molecule has 0 aromatic carbocycles. The van der Waals surface area contributed by atoms with Crippen molar-refractivity contribution >= 4 is 18.0 Å². The molecule has 0 saturated heterocycles. The van der Waals surface area contributed by atoms with Crippen molar-refractivity contribution < 1.29 is 0 Å².